The van der Waals surface area contributed by atoms with Crippen LogP contribution in [0.25, 0.3) is 0 Å². The van der Waals surface area contributed by atoms with Gasteiger partial charge in [-0.1, -0.05) is 6.92 Å². The lowest BCUT2D eigenvalue weighted by Gasteiger charge is -2.23. The number of likely N-dealkylation sites (tertiary alicyclic amines) is 1. The quantitative estimate of drug-likeness (QED) is 0.791. The lowest BCUT2D eigenvalue weighted by atomic mass is 10.1. The molecule has 0 spiro atoms. The minimum absolute atomic E-state index is 0.408. The molecule has 2 saturated heterocycles. The molecule has 0 amide bonds. The van der Waals surface area contributed by atoms with Crippen molar-refractivity contribution in [3.8, 4) is 0 Å². The summed E-state index contributed by atoms with van der Waals surface area (Å²) in [6.07, 6.45) is 5.57. The molecule has 1 N–H and O–H groups in total. The molecule has 0 aromatic carbocycles. The molecule has 3 atom stereocenters. The molecule has 2 aliphatic heterocycles. The molecule has 2 rings (SSSR count). The van der Waals surface area contributed by atoms with Crippen LogP contribution in [0.4, 0.5) is 0 Å². The topological polar surface area (TPSA) is 24.5 Å². The molecule has 2 aliphatic rings. The van der Waals surface area contributed by atoms with Crippen LogP contribution in [-0.2, 0) is 4.74 Å². The number of rotatable bonds is 3. The van der Waals surface area contributed by atoms with Gasteiger partial charge in [0.25, 0.3) is 0 Å². The van der Waals surface area contributed by atoms with E-state index in [0.717, 1.165) is 6.61 Å². The van der Waals surface area contributed by atoms with Crippen LogP contribution in [0.15, 0.2) is 0 Å². The van der Waals surface area contributed by atoms with Crippen LogP contribution in [0.2, 0.25) is 0 Å². The summed E-state index contributed by atoms with van der Waals surface area (Å²) in [5.41, 5.74) is 0. The normalized spacial score (nSPS) is 37.5. The van der Waals surface area contributed by atoms with Crippen molar-refractivity contribution in [3.05, 3.63) is 0 Å². The first-order chi connectivity index (χ1) is 7.79. The van der Waals surface area contributed by atoms with Gasteiger partial charge in [-0.2, -0.15) is 0 Å². The first-order valence-electron chi connectivity index (χ1n) is 6.89. The van der Waals surface area contributed by atoms with Crippen molar-refractivity contribution in [2.45, 2.75) is 57.7 Å². The second-order valence-electron chi connectivity index (χ2n) is 5.20. The van der Waals surface area contributed by atoms with Gasteiger partial charge in [0.2, 0.25) is 0 Å². The van der Waals surface area contributed by atoms with Gasteiger partial charge in [-0.05, 0) is 52.2 Å². The van der Waals surface area contributed by atoms with Crippen molar-refractivity contribution in [1.82, 2.24) is 10.2 Å². The van der Waals surface area contributed by atoms with E-state index in [-0.39, 0.29) is 0 Å². The van der Waals surface area contributed by atoms with Gasteiger partial charge in [-0.15, -0.1) is 0 Å². The largest absolute Gasteiger partial charge is 0.377 e. The third-order valence-electron chi connectivity index (χ3n) is 4.09. The van der Waals surface area contributed by atoms with Crippen LogP contribution >= 0.6 is 0 Å². The van der Waals surface area contributed by atoms with Crippen LogP contribution < -0.4 is 5.32 Å². The Bertz CT molecular complexity index is 210. The predicted molar refractivity (Wildman–Crippen MR) is 66.7 cm³/mol. The Morgan fingerprint density at radius 1 is 1.25 bits per heavy atom. The molecule has 3 unspecified atom stereocenters. The summed E-state index contributed by atoms with van der Waals surface area (Å²) in [6, 6.07) is 1.31. The Hall–Kier alpha value is -0.120. The van der Waals surface area contributed by atoms with Crippen molar-refractivity contribution in [3.63, 3.8) is 0 Å². The molecular formula is C13H26N2O. The van der Waals surface area contributed by atoms with Crippen molar-refractivity contribution < 1.29 is 4.74 Å². The highest BCUT2D eigenvalue weighted by molar-refractivity contribution is 4.84. The molecule has 16 heavy (non-hydrogen) atoms. The zero-order chi connectivity index (χ0) is 11.4. The second kappa shape index (κ2) is 5.99. The van der Waals surface area contributed by atoms with E-state index in [1.54, 1.807) is 0 Å². The average Bonchev–Trinajstić information content (AvgIpc) is 2.56. The van der Waals surface area contributed by atoms with Gasteiger partial charge in [-0.3, -0.25) is 0 Å². The van der Waals surface area contributed by atoms with E-state index in [2.05, 4.69) is 24.1 Å². The maximum absolute atomic E-state index is 5.61. The summed E-state index contributed by atoms with van der Waals surface area (Å²) < 4.78 is 5.61. The Kier molecular flexibility index (Phi) is 4.62. The van der Waals surface area contributed by atoms with Gasteiger partial charge in [0.15, 0.2) is 0 Å². The van der Waals surface area contributed by atoms with Crippen molar-refractivity contribution >= 4 is 0 Å². The van der Waals surface area contributed by atoms with E-state index < -0.39 is 0 Å². The van der Waals surface area contributed by atoms with Crippen molar-refractivity contribution in [1.29, 1.82) is 0 Å². The van der Waals surface area contributed by atoms with Gasteiger partial charge < -0.3 is 15.0 Å². The third-order valence-corrected chi connectivity index (χ3v) is 4.09. The predicted octanol–water partition coefficient (Wildman–Crippen LogP) is 1.63. The van der Waals surface area contributed by atoms with Crippen LogP contribution in [0.1, 0.15) is 39.5 Å². The number of hydrogen-bond acceptors (Lipinski definition) is 3. The van der Waals surface area contributed by atoms with Gasteiger partial charge in [-0.25, -0.2) is 0 Å². The van der Waals surface area contributed by atoms with Gasteiger partial charge in [0.05, 0.1) is 6.10 Å². The summed E-state index contributed by atoms with van der Waals surface area (Å²) in [5, 5.41) is 3.80. The Balaban J connectivity index is 1.77. The Labute approximate surface area is 99.5 Å². The number of nitrogens with one attached hydrogen (secondary N) is 1. The molecule has 0 aliphatic carbocycles. The smallest absolute Gasteiger partial charge is 0.0700 e. The summed E-state index contributed by atoms with van der Waals surface area (Å²) >= 11 is 0. The van der Waals surface area contributed by atoms with E-state index in [1.165, 1.54) is 45.3 Å². The number of hydrogen-bond donors (Lipinski definition) is 1. The summed E-state index contributed by atoms with van der Waals surface area (Å²) in [6.45, 7) is 9.14. The highest BCUT2D eigenvalue weighted by Crippen LogP contribution is 2.17. The van der Waals surface area contributed by atoms with Crippen LogP contribution in [0, 0.1) is 0 Å². The van der Waals surface area contributed by atoms with E-state index in [4.69, 9.17) is 4.74 Å². The summed E-state index contributed by atoms with van der Waals surface area (Å²) in [7, 11) is 0. The highest BCUT2D eigenvalue weighted by Gasteiger charge is 2.27. The Morgan fingerprint density at radius 2 is 2.12 bits per heavy atom. The van der Waals surface area contributed by atoms with E-state index in [1.807, 2.05) is 0 Å². The number of nitrogens with zero attached hydrogens (tertiary/aromatic N) is 1. The minimum atomic E-state index is 0.408. The molecule has 2 heterocycles. The number of ether oxygens (including phenoxy) is 1. The van der Waals surface area contributed by atoms with E-state index in [0.29, 0.717) is 18.2 Å². The summed E-state index contributed by atoms with van der Waals surface area (Å²) in [5.74, 6) is 0. The average molecular weight is 226 g/mol. The fraction of sp³-hybridized carbons (Fsp3) is 1.00. The molecule has 0 aromatic rings. The van der Waals surface area contributed by atoms with Crippen LogP contribution in [-0.4, -0.2) is 49.3 Å². The molecule has 3 heteroatoms. The summed E-state index contributed by atoms with van der Waals surface area (Å²) in [4.78, 5) is 2.57. The lowest BCUT2D eigenvalue weighted by molar-refractivity contribution is 0.110. The van der Waals surface area contributed by atoms with Gasteiger partial charge >= 0.3 is 0 Å². The van der Waals surface area contributed by atoms with Crippen molar-refractivity contribution in [2.75, 3.05) is 26.2 Å². The van der Waals surface area contributed by atoms with Crippen LogP contribution in [0.5, 0.6) is 0 Å². The molecule has 0 aromatic heterocycles. The zero-order valence-electron chi connectivity index (χ0n) is 10.7. The molecular weight excluding hydrogens is 200 g/mol. The molecule has 3 nitrogen and oxygen atoms in total. The van der Waals surface area contributed by atoms with Gasteiger partial charge in [0, 0.05) is 18.7 Å². The lowest BCUT2D eigenvalue weighted by Crippen LogP contribution is -2.42. The first kappa shape index (κ1) is 12.3. The van der Waals surface area contributed by atoms with E-state index >= 15 is 0 Å². The van der Waals surface area contributed by atoms with E-state index in [9.17, 15) is 0 Å². The van der Waals surface area contributed by atoms with Crippen LogP contribution in [0.3, 0.4) is 0 Å². The standard InChI is InChI=1S/C13H26N2O/c1-3-15-8-4-5-12(6-9-15)14-13-7-10-16-11(13)2/h11-14H,3-10H2,1-2H3. The monoisotopic (exact) mass is 226 g/mol. The Morgan fingerprint density at radius 3 is 2.81 bits per heavy atom. The highest BCUT2D eigenvalue weighted by atomic mass is 16.5. The third kappa shape index (κ3) is 3.19. The zero-order valence-corrected chi connectivity index (χ0v) is 10.7. The molecule has 94 valence electrons. The van der Waals surface area contributed by atoms with Crippen molar-refractivity contribution in [2.24, 2.45) is 0 Å². The maximum atomic E-state index is 5.61. The SMILES string of the molecule is CCN1CCCC(NC2CCOC2C)CC1. The molecule has 2 fully saturated rings. The van der Waals surface area contributed by atoms with Gasteiger partial charge in [0.1, 0.15) is 0 Å². The molecule has 0 saturated carbocycles. The second-order valence-corrected chi connectivity index (χ2v) is 5.20. The fourth-order valence-corrected chi connectivity index (χ4v) is 2.89. The molecule has 0 radical (unpaired) electrons. The fourth-order valence-electron chi connectivity index (χ4n) is 2.89. The first-order valence-corrected chi connectivity index (χ1v) is 6.89. The minimum Gasteiger partial charge on any atom is -0.377 e. The molecule has 0 bridgehead atoms. The maximum Gasteiger partial charge on any atom is 0.0700 e.